The van der Waals surface area contributed by atoms with Crippen molar-refractivity contribution in [3.8, 4) is 11.3 Å². The Labute approximate surface area is 158 Å². The second-order valence-corrected chi connectivity index (χ2v) is 6.22. The smallest absolute Gasteiger partial charge is 0.341 e. The van der Waals surface area contributed by atoms with Crippen molar-refractivity contribution in [1.82, 2.24) is 9.97 Å². The van der Waals surface area contributed by atoms with Gasteiger partial charge in [0.05, 0.1) is 18.3 Å². The van der Waals surface area contributed by atoms with Gasteiger partial charge in [0.25, 0.3) is 0 Å². The Balaban J connectivity index is 2.42. The number of halogens is 2. The maximum absolute atomic E-state index is 11.7. The van der Waals surface area contributed by atoms with Gasteiger partial charge in [-0.05, 0) is 24.3 Å². The molecule has 0 aliphatic rings. The molecule has 0 radical (unpaired) electrons. The average Bonchev–Trinajstić information content (AvgIpc) is 2.77. The van der Waals surface area contributed by atoms with Crippen LogP contribution in [0, 0.1) is 5.41 Å². The van der Waals surface area contributed by atoms with Crippen LogP contribution in [0.2, 0.25) is 10.0 Å². The molecule has 0 fully saturated rings. The molecule has 0 amide bonds. The van der Waals surface area contributed by atoms with Crippen molar-refractivity contribution in [2.24, 2.45) is 0 Å². The van der Waals surface area contributed by atoms with E-state index in [9.17, 15) is 9.90 Å². The number of methoxy groups -OCH3 is 1. The molecule has 2 aromatic carbocycles. The van der Waals surface area contributed by atoms with Crippen molar-refractivity contribution in [2.75, 3.05) is 7.11 Å². The molecular weight excluding hydrogens is 377 g/mol. The Bertz CT molecular complexity index is 1070. The Morgan fingerprint density at radius 3 is 2.62 bits per heavy atom. The van der Waals surface area contributed by atoms with E-state index in [1.807, 2.05) is 0 Å². The van der Waals surface area contributed by atoms with Crippen LogP contribution in [0.15, 0.2) is 42.5 Å². The van der Waals surface area contributed by atoms with E-state index in [-0.39, 0.29) is 11.2 Å². The van der Waals surface area contributed by atoms with Crippen LogP contribution in [0.5, 0.6) is 0 Å². The zero-order valence-electron chi connectivity index (χ0n) is 13.5. The topological polar surface area (TPSA) is 96.2 Å². The first-order valence-corrected chi connectivity index (χ1v) is 8.25. The van der Waals surface area contributed by atoms with Gasteiger partial charge in [-0.25, -0.2) is 14.8 Å². The summed E-state index contributed by atoms with van der Waals surface area (Å²) in [5.41, 5.74) is 0.751. The van der Waals surface area contributed by atoms with Crippen molar-refractivity contribution in [3.63, 3.8) is 0 Å². The third kappa shape index (κ3) is 3.39. The molecule has 0 saturated heterocycles. The Hall–Kier alpha value is -2.54. The first-order chi connectivity index (χ1) is 12.4. The highest BCUT2D eigenvalue weighted by Gasteiger charge is 2.23. The van der Waals surface area contributed by atoms with Crippen molar-refractivity contribution < 1.29 is 14.6 Å². The van der Waals surface area contributed by atoms with E-state index in [1.54, 1.807) is 42.5 Å². The normalized spacial score (nSPS) is 12.0. The molecule has 3 aromatic rings. The summed E-state index contributed by atoms with van der Waals surface area (Å²) in [4.78, 5) is 20.2. The number of aliphatic hydroxyl groups is 1. The number of aliphatic hydroxyl groups excluding tert-OH is 1. The number of hydrogen-bond acceptors (Lipinski definition) is 6. The molecule has 0 aliphatic heterocycles. The van der Waals surface area contributed by atoms with Gasteiger partial charge < -0.3 is 9.84 Å². The van der Waals surface area contributed by atoms with Crippen LogP contribution in [-0.2, 0) is 9.53 Å². The quantitative estimate of drug-likeness (QED) is 0.669. The molecular formula is C18H13Cl2N3O3. The summed E-state index contributed by atoms with van der Waals surface area (Å²) in [6.07, 6.45) is -1.73. The monoisotopic (exact) mass is 389 g/mol. The second kappa shape index (κ2) is 7.37. The van der Waals surface area contributed by atoms with E-state index >= 15 is 0 Å². The fourth-order valence-corrected chi connectivity index (χ4v) is 2.88. The second-order valence-electron chi connectivity index (χ2n) is 5.37. The minimum Gasteiger partial charge on any atom is -0.467 e. The molecule has 0 spiro atoms. The van der Waals surface area contributed by atoms with Crippen LogP contribution >= 0.6 is 23.2 Å². The number of carbonyl (C=O) groups excluding carboxylic acids is 1. The highest BCUT2D eigenvalue weighted by atomic mass is 35.5. The highest BCUT2D eigenvalue weighted by molar-refractivity contribution is 6.34. The molecule has 0 saturated carbocycles. The number of hydrogen-bond donors (Lipinski definition) is 2. The summed E-state index contributed by atoms with van der Waals surface area (Å²) < 4.78 is 4.53. The minimum atomic E-state index is -1.73. The summed E-state index contributed by atoms with van der Waals surface area (Å²) in [7, 11) is 1.14. The van der Waals surface area contributed by atoms with Crippen LogP contribution in [0.3, 0.4) is 0 Å². The molecule has 1 unspecified atom stereocenters. The van der Waals surface area contributed by atoms with E-state index in [1.165, 1.54) is 0 Å². The Morgan fingerprint density at radius 2 is 1.92 bits per heavy atom. The third-order valence-electron chi connectivity index (χ3n) is 3.73. The number of aromatic nitrogens is 2. The average molecular weight is 390 g/mol. The molecule has 6 nitrogen and oxygen atoms in total. The molecule has 8 heteroatoms. The molecule has 3 rings (SSSR count). The first kappa shape index (κ1) is 18.3. The van der Waals surface area contributed by atoms with Gasteiger partial charge in [0.1, 0.15) is 5.69 Å². The molecule has 1 aromatic heterocycles. The predicted molar refractivity (Wildman–Crippen MR) is 97.8 cm³/mol. The van der Waals surface area contributed by atoms with Gasteiger partial charge in [0, 0.05) is 21.0 Å². The van der Waals surface area contributed by atoms with Gasteiger partial charge in [0.15, 0.2) is 11.6 Å². The zero-order chi connectivity index (χ0) is 18.8. The number of ether oxygens (including phenoxy) is 1. The van der Waals surface area contributed by atoms with Crippen molar-refractivity contribution in [1.29, 1.82) is 5.41 Å². The van der Waals surface area contributed by atoms with Crippen molar-refractivity contribution >= 4 is 40.1 Å². The van der Waals surface area contributed by atoms with E-state index in [0.717, 1.165) is 7.11 Å². The maximum Gasteiger partial charge on any atom is 0.341 e. The zero-order valence-corrected chi connectivity index (χ0v) is 15.0. The molecule has 2 N–H and O–H groups in total. The first-order valence-electron chi connectivity index (χ1n) is 7.49. The lowest BCUT2D eigenvalue weighted by atomic mass is 10.1. The third-order valence-corrected chi connectivity index (χ3v) is 4.30. The predicted octanol–water partition coefficient (Wildman–Crippen LogP) is 3.29. The molecule has 1 heterocycles. The molecule has 1 atom stereocenters. The highest BCUT2D eigenvalue weighted by Crippen LogP contribution is 2.31. The number of rotatable bonds is 3. The summed E-state index contributed by atoms with van der Waals surface area (Å²) in [6, 6.07) is 11.9. The number of esters is 1. The fraction of sp³-hybridized carbons (Fsp3) is 0.111. The largest absolute Gasteiger partial charge is 0.467 e. The van der Waals surface area contributed by atoms with Crippen LogP contribution in [0.1, 0.15) is 11.8 Å². The lowest BCUT2D eigenvalue weighted by molar-refractivity contribution is -0.151. The number of nitrogens with zero attached hydrogens (tertiary/aromatic N) is 2. The Morgan fingerprint density at radius 1 is 1.19 bits per heavy atom. The van der Waals surface area contributed by atoms with Crippen LogP contribution in [-0.4, -0.2) is 28.2 Å². The maximum atomic E-state index is 11.7. The van der Waals surface area contributed by atoms with E-state index in [4.69, 9.17) is 28.6 Å². The van der Waals surface area contributed by atoms with Gasteiger partial charge in [-0.2, -0.15) is 0 Å². The van der Waals surface area contributed by atoms with Crippen LogP contribution in [0.4, 0.5) is 0 Å². The van der Waals surface area contributed by atoms with Gasteiger partial charge in [-0.1, -0.05) is 41.4 Å². The molecule has 132 valence electrons. The van der Waals surface area contributed by atoms with Crippen LogP contribution in [0.25, 0.3) is 22.2 Å². The van der Waals surface area contributed by atoms with E-state index in [0.29, 0.717) is 32.2 Å². The van der Waals surface area contributed by atoms with E-state index in [2.05, 4.69) is 14.7 Å². The van der Waals surface area contributed by atoms with E-state index < -0.39 is 12.1 Å². The van der Waals surface area contributed by atoms with Crippen molar-refractivity contribution in [3.05, 3.63) is 63.7 Å². The summed E-state index contributed by atoms with van der Waals surface area (Å²) in [5, 5.41) is 19.8. The molecule has 26 heavy (non-hydrogen) atoms. The number of benzene rings is 2. The van der Waals surface area contributed by atoms with Crippen LogP contribution < -0.4 is 5.49 Å². The van der Waals surface area contributed by atoms with Gasteiger partial charge in [-0.3, -0.25) is 5.41 Å². The number of fused-ring (bicyclic) bond motifs is 1. The Kier molecular flexibility index (Phi) is 5.18. The lowest BCUT2D eigenvalue weighted by Gasteiger charge is -2.05. The van der Waals surface area contributed by atoms with Gasteiger partial charge in [0.2, 0.25) is 0 Å². The van der Waals surface area contributed by atoms with Gasteiger partial charge in [-0.15, -0.1) is 0 Å². The minimum absolute atomic E-state index is 0.220. The molecule has 0 aliphatic carbocycles. The lowest BCUT2D eigenvalue weighted by Crippen LogP contribution is -2.23. The molecule has 0 bridgehead atoms. The standard InChI is InChI=1S/C18H13Cl2N3O3/c1-26-18(25)16(24)15-17(21)23-14(10-4-2-3-5-12(10)20)11-8-9(19)6-7-13(11)22-15/h2-8,16,21,24H,1H3. The summed E-state index contributed by atoms with van der Waals surface area (Å²) >= 11 is 12.4. The SMILES string of the molecule is COC(=O)C(O)c1nc2ccc(Cl)cc2c(-c2ccccc2Cl)nc1=N. The fourth-order valence-electron chi connectivity index (χ4n) is 2.48. The van der Waals surface area contributed by atoms with Crippen molar-refractivity contribution in [2.45, 2.75) is 6.10 Å². The number of nitrogens with one attached hydrogen (secondary N) is 1. The number of carbonyl (C=O) groups is 1. The summed E-state index contributed by atoms with van der Waals surface area (Å²) in [5.74, 6) is -0.930. The van der Waals surface area contributed by atoms with Gasteiger partial charge >= 0.3 is 5.97 Å². The summed E-state index contributed by atoms with van der Waals surface area (Å²) in [6.45, 7) is 0.